The van der Waals surface area contributed by atoms with Crippen LogP contribution < -0.4 is 4.90 Å². The first-order valence-corrected chi connectivity index (χ1v) is 10.6. The summed E-state index contributed by atoms with van der Waals surface area (Å²) in [6.07, 6.45) is 9.67. The van der Waals surface area contributed by atoms with Gasteiger partial charge in [-0.1, -0.05) is 6.07 Å². The monoisotopic (exact) mass is 387 g/mol. The van der Waals surface area contributed by atoms with Crippen LogP contribution in [0.2, 0.25) is 0 Å². The number of aldehydes is 1. The van der Waals surface area contributed by atoms with Gasteiger partial charge in [-0.25, -0.2) is 4.98 Å². The molecule has 6 heteroatoms. The number of nitrogens with zero attached hydrogens (tertiary/aromatic N) is 5. The molecule has 29 heavy (non-hydrogen) atoms. The molecule has 6 rings (SSSR count). The second-order valence-corrected chi connectivity index (χ2v) is 9.04. The van der Waals surface area contributed by atoms with Crippen LogP contribution in [0.1, 0.15) is 40.3 Å². The lowest BCUT2D eigenvalue weighted by Crippen LogP contribution is -2.71. The number of aryl methyl sites for hydroxylation is 2. The lowest BCUT2D eigenvalue weighted by molar-refractivity contribution is -0.0273. The Kier molecular flexibility index (Phi) is 3.78. The van der Waals surface area contributed by atoms with E-state index in [9.17, 15) is 4.79 Å². The molecule has 3 aromatic heterocycles. The molecule has 0 aromatic carbocycles. The summed E-state index contributed by atoms with van der Waals surface area (Å²) in [5.74, 6) is 0. The van der Waals surface area contributed by atoms with Gasteiger partial charge in [-0.15, -0.1) is 0 Å². The molecule has 0 atom stereocenters. The van der Waals surface area contributed by atoms with Crippen molar-refractivity contribution in [1.29, 1.82) is 0 Å². The van der Waals surface area contributed by atoms with Gasteiger partial charge in [0.2, 0.25) is 0 Å². The summed E-state index contributed by atoms with van der Waals surface area (Å²) in [7, 11) is 0. The van der Waals surface area contributed by atoms with E-state index >= 15 is 0 Å². The van der Waals surface area contributed by atoms with Crippen molar-refractivity contribution in [2.45, 2.75) is 32.2 Å². The van der Waals surface area contributed by atoms with E-state index in [0.717, 1.165) is 57.5 Å². The van der Waals surface area contributed by atoms with Crippen molar-refractivity contribution in [2.24, 2.45) is 5.41 Å². The van der Waals surface area contributed by atoms with Crippen LogP contribution in [-0.4, -0.2) is 51.7 Å². The SMILES string of the molecule is O=Cc1ccc(CN2CC3(C2)CN(c2ccn4c5c(nc4c2)CCCC5)C3)cn1. The van der Waals surface area contributed by atoms with Crippen molar-refractivity contribution >= 4 is 17.6 Å². The molecule has 148 valence electrons. The van der Waals surface area contributed by atoms with E-state index in [2.05, 4.69) is 37.5 Å². The highest BCUT2D eigenvalue weighted by atomic mass is 16.1. The summed E-state index contributed by atoms with van der Waals surface area (Å²) < 4.78 is 2.29. The number of carbonyl (C=O) groups is 1. The van der Waals surface area contributed by atoms with Gasteiger partial charge in [0, 0.05) is 68.0 Å². The smallest absolute Gasteiger partial charge is 0.168 e. The van der Waals surface area contributed by atoms with Crippen LogP contribution in [0.4, 0.5) is 5.69 Å². The minimum absolute atomic E-state index is 0.441. The normalized spacial score (nSPS) is 20.3. The molecule has 1 aliphatic carbocycles. The Balaban J connectivity index is 1.09. The lowest BCUT2D eigenvalue weighted by Gasteiger charge is -2.61. The van der Waals surface area contributed by atoms with Crippen LogP contribution in [-0.2, 0) is 19.4 Å². The van der Waals surface area contributed by atoms with Crippen molar-refractivity contribution in [3.8, 4) is 0 Å². The van der Waals surface area contributed by atoms with Gasteiger partial charge in [-0.05, 0) is 43.4 Å². The zero-order valence-electron chi connectivity index (χ0n) is 16.5. The molecule has 0 amide bonds. The van der Waals surface area contributed by atoms with Crippen LogP contribution in [0.25, 0.3) is 5.65 Å². The molecule has 0 bridgehead atoms. The molecule has 2 fully saturated rings. The van der Waals surface area contributed by atoms with Crippen molar-refractivity contribution in [3.05, 3.63) is 59.3 Å². The molecule has 6 nitrogen and oxygen atoms in total. The van der Waals surface area contributed by atoms with Crippen LogP contribution >= 0.6 is 0 Å². The van der Waals surface area contributed by atoms with Crippen molar-refractivity contribution < 1.29 is 4.79 Å². The summed E-state index contributed by atoms with van der Waals surface area (Å²) in [5.41, 5.74) is 7.25. The average Bonchev–Trinajstić information content (AvgIpc) is 3.07. The largest absolute Gasteiger partial charge is 0.370 e. The molecule has 5 heterocycles. The number of fused-ring (bicyclic) bond motifs is 3. The second-order valence-electron chi connectivity index (χ2n) is 9.04. The third-order valence-electron chi connectivity index (χ3n) is 6.78. The van der Waals surface area contributed by atoms with Crippen molar-refractivity contribution in [2.75, 3.05) is 31.1 Å². The molecule has 3 aromatic rings. The fourth-order valence-electron chi connectivity index (χ4n) is 5.40. The Hall–Kier alpha value is -2.73. The van der Waals surface area contributed by atoms with Gasteiger partial charge in [0.05, 0.1) is 5.69 Å². The molecule has 1 spiro atoms. The van der Waals surface area contributed by atoms with E-state index in [-0.39, 0.29) is 0 Å². The first-order valence-electron chi connectivity index (χ1n) is 10.6. The Labute approximate surface area is 170 Å². The third kappa shape index (κ3) is 2.85. The minimum Gasteiger partial charge on any atom is -0.370 e. The van der Waals surface area contributed by atoms with Gasteiger partial charge < -0.3 is 9.30 Å². The third-order valence-corrected chi connectivity index (χ3v) is 6.78. The topological polar surface area (TPSA) is 53.7 Å². The Morgan fingerprint density at radius 2 is 1.93 bits per heavy atom. The number of likely N-dealkylation sites (tertiary alicyclic amines) is 1. The number of imidazole rings is 1. The zero-order chi connectivity index (χ0) is 19.4. The number of anilines is 1. The van der Waals surface area contributed by atoms with E-state index in [1.54, 1.807) is 6.07 Å². The van der Waals surface area contributed by atoms with E-state index < -0.39 is 0 Å². The predicted molar refractivity (Wildman–Crippen MR) is 111 cm³/mol. The fourth-order valence-corrected chi connectivity index (χ4v) is 5.40. The maximum absolute atomic E-state index is 10.7. The van der Waals surface area contributed by atoms with Crippen LogP contribution in [0, 0.1) is 5.41 Å². The zero-order valence-corrected chi connectivity index (χ0v) is 16.5. The Morgan fingerprint density at radius 1 is 1.07 bits per heavy atom. The van der Waals surface area contributed by atoms with E-state index in [0.29, 0.717) is 11.1 Å². The summed E-state index contributed by atoms with van der Waals surface area (Å²) in [4.78, 5) is 24.8. The van der Waals surface area contributed by atoms with Crippen LogP contribution in [0.5, 0.6) is 0 Å². The number of pyridine rings is 2. The number of hydrogen-bond donors (Lipinski definition) is 0. The van der Waals surface area contributed by atoms with Crippen molar-refractivity contribution in [1.82, 2.24) is 19.3 Å². The first-order chi connectivity index (χ1) is 14.2. The number of hydrogen-bond acceptors (Lipinski definition) is 5. The van der Waals surface area contributed by atoms with Gasteiger partial charge >= 0.3 is 0 Å². The molecule has 0 N–H and O–H groups in total. The summed E-state index contributed by atoms with van der Waals surface area (Å²) >= 11 is 0. The molecule has 2 aliphatic heterocycles. The van der Waals surface area contributed by atoms with Crippen LogP contribution in [0.15, 0.2) is 36.7 Å². The Morgan fingerprint density at radius 3 is 2.72 bits per heavy atom. The fraction of sp³-hybridized carbons (Fsp3) is 0.435. The molecule has 0 saturated carbocycles. The number of carbonyl (C=O) groups excluding carboxylic acids is 1. The van der Waals surface area contributed by atoms with Gasteiger partial charge in [0.25, 0.3) is 0 Å². The Bertz CT molecular complexity index is 1070. The molecular weight excluding hydrogens is 362 g/mol. The predicted octanol–water partition coefficient (Wildman–Crippen LogP) is 2.74. The summed E-state index contributed by atoms with van der Waals surface area (Å²) in [6.45, 7) is 5.45. The highest BCUT2D eigenvalue weighted by molar-refractivity contribution is 5.71. The molecule has 0 radical (unpaired) electrons. The number of rotatable bonds is 4. The average molecular weight is 387 g/mol. The number of aromatic nitrogens is 3. The van der Waals surface area contributed by atoms with E-state index in [1.807, 2.05) is 12.3 Å². The van der Waals surface area contributed by atoms with E-state index in [4.69, 9.17) is 4.98 Å². The highest BCUT2D eigenvalue weighted by Crippen LogP contribution is 2.42. The quantitative estimate of drug-likeness (QED) is 0.645. The van der Waals surface area contributed by atoms with Crippen LogP contribution in [0.3, 0.4) is 0 Å². The van der Waals surface area contributed by atoms with E-state index in [1.165, 1.54) is 35.5 Å². The van der Waals surface area contributed by atoms with Crippen molar-refractivity contribution in [3.63, 3.8) is 0 Å². The molecular formula is C23H25N5O. The second kappa shape index (κ2) is 6.39. The summed E-state index contributed by atoms with van der Waals surface area (Å²) in [6, 6.07) is 8.33. The molecule has 2 saturated heterocycles. The first kappa shape index (κ1) is 17.2. The maximum atomic E-state index is 10.7. The highest BCUT2D eigenvalue weighted by Gasteiger charge is 2.51. The molecule has 3 aliphatic rings. The molecule has 0 unspecified atom stereocenters. The minimum atomic E-state index is 0.441. The standard InChI is InChI=1S/C23H25N5O/c29-12-18-6-5-17(10-24-18)11-26-13-23(14-26)15-27(16-23)19-7-8-28-21-4-2-1-3-20(21)25-22(28)9-19/h5-10,12H,1-4,11,13-16H2. The lowest BCUT2D eigenvalue weighted by atomic mass is 9.72. The van der Waals surface area contributed by atoms with Gasteiger partial charge in [0.1, 0.15) is 11.3 Å². The summed E-state index contributed by atoms with van der Waals surface area (Å²) in [5, 5.41) is 0. The van der Waals surface area contributed by atoms with Gasteiger partial charge in [0.15, 0.2) is 6.29 Å². The van der Waals surface area contributed by atoms with Gasteiger partial charge in [-0.2, -0.15) is 0 Å². The maximum Gasteiger partial charge on any atom is 0.168 e. The van der Waals surface area contributed by atoms with Gasteiger partial charge in [-0.3, -0.25) is 14.7 Å².